The first-order chi connectivity index (χ1) is 8.63. The molecule has 1 rings (SSSR count). The van der Waals surface area contributed by atoms with Crippen LogP contribution in [0.3, 0.4) is 0 Å². The summed E-state index contributed by atoms with van der Waals surface area (Å²) in [5, 5.41) is 14.7. The van der Waals surface area contributed by atoms with Crippen molar-refractivity contribution in [2.24, 2.45) is 5.92 Å². The Kier molecular flexibility index (Phi) is 7.34. The largest absolute Gasteiger partial charge is 0.481 e. The van der Waals surface area contributed by atoms with Gasteiger partial charge in [-0.3, -0.25) is 4.79 Å². The average molecular weight is 292 g/mol. The van der Waals surface area contributed by atoms with Crippen LogP contribution in [0.4, 0.5) is 4.79 Å². The van der Waals surface area contributed by atoms with Crippen molar-refractivity contribution in [1.82, 2.24) is 10.6 Å². The molecule has 3 N–H and O–H groups in total. The molecule has 0 aromatic carbocycles. The number of carboxylic acid groups (broad SMARTS) is 1. The highest BCUT2D eigenvalue weighted by Crippen LogP contribution is 2.23. The molecular formula is C11H20N2O3S2. The van der Waals surface area contributed by atoms with Gasteiger partial charge in [-0.15, -0.1) is 0 Å². The van der Waals surface area contributed by atoms with E-state index in [-0.39, 0.29) is 12.6 Å². The summed E-state index contributed by atoms with van der Waals surface area (Å²) in [6.45, 7) is 2.63. The molecule has 0 bridgehead atoms. The van der Waals surface area contributed by atoms with E-state index < -0.39 is 11.9 Å². The minimum Gasteiger partial charge on any atom is -0.481 e. The molecule has 104 valence electrons. The van der Waals surface area contributed by atoms with Gasteiger partial charge in [0.25, 0.3) is 0 Å². The lowest BCUT2D eigenvalue weighted by Gasteiger charge is -2.21. The quantitative estimate of drug-likeness (QED) is 0.686. The number of carboxylic acids is 1. The molecule has 2 unspecified atom stereocenters. The molecule has 1 aliphatic rings. The summed E-state index contributed by atoms with van der Waals surface area (Å²) in [6.07, 6.45) is 0.519. The van der Waals surface area contributed by atoms with E-state index in [1.165, 1.54) is 5.75 Å². The Labute approximate surface area is 116 Å². The molecule has 2 amide bonds. The molecule has 0 aromatic heterocycles. The third-order valence-electron chi connectivity index (χ3n) is 2.73. The molecule has 0 aliphatic carbocycles. The van der Waals surface area contributed by atoms with Crippen LogP contribution in [0.25, 0.3) is 0 Å². The Morgan fingerprint density at radius 2 is 2.17 bits per heavy atom. The fourth-order valence-electron chi connectivity index (χ4n) is 1.55. The average Bonchev–Trinajstić information content (AvgIpc) is 2.38. The Morgan fingerprint density at radius 1 is 1.39 bits per heavy atom. The monoisotopic (exact) mass is 292 g/mol. The number of hydrogen-bond donors (Lipinski definition) is 3. The molecule has 0 radical (unpaired) electrons. The molecule has 5 nitrogen and oxygen atoms in total. The van der Waals surface area contributed by atoms with E-state index in [1.807, 2.05) is 23.5 Å². The van der Waals surface area contributed by atoms with E-state index in [1.54, 1.807) is 6.92 Å². The van der Waals surface area contributed by atoms with Crippen LogP contribution >= 0.6 is 23.5 Å². The molecular weight excluding hydrogens is 272 g/mol. The molecule has 0 spiro atoms. The van der Waals surface area contributed by atoms with Gasteiger partial charge in [0, 0.05) is 35.6 Å². The lowest BCUT2D eigenvalue weighted by atomic mass is 10.1. The Hall–Kier alpha value is -0.560. The second-order valence-electron chi connectivity index (χ2n) is 4.10. The van der Waals surface area contributed by atoms with Crippen molar-refractivity contribution in [1.29, 1.82) is 0 Å². The number of urea groups is 1. The topological polar surface area (TPSA) is 78.4 Å². The first-order valence-corrected chi connectivity index (χ1v) is 8.27. The van der Waals surface area contributed by atoms with Crippen molar-refractivity contribution >= 4 is 35.5 Å². The predicted octanol–water partition coefficient (Wildman–Crippen LogP) is 1.24. The Morgan fingerprint density at radius 3 is 2.72 bits per heavy atom. The number of amides is 2. The van der Waals surface area contributed by atoms with Crippen molar-refractivity contribution in [2.45, 2.75) is 18.6 Å². The maximum Gasteiger partial charge on any atom is 0.314 e. The van der Waals surface area contributed by atoms with Crippen LogP contribution in [0.15, 0.2) is 0 Å². The maximum absolute atomic E-state index is 11.5. The van der Waals surface area contributed by atoms with E-state index in [0.29, 0.717) is 18.2 Å². The van der Waals surface area contributed by atoms with Gasteiger partial charge in [-0.25, -0.2) is 4.79 Å². The summed E-state index contributed by atoms with van der Waals surface area (Å²) < 4.78 is 0. The van der Waals surface area contributed by atoms with Crippen LogP contribution in [0.1, 0.15) is 13.3 Å². The van der Waals surface area contributed by atoms with Gasteiger partial charge in [0.15, 0.2) is 0 Å². The molecule has 1 fully saturated rings. The van der Waals surface area contributed by atoms with Crippen LogP contribution in [0.5, 0.6) is 0 Å². The summed E-state index contributed by atoms with van der Waals surface area (Å²) in [6, 6.07) is -0.272. The lowest BCUT2D eigenvalue weighted by molar-refractivity contribution is -0.141. The van der Waals surface area contributed by atoms with Gasteiger partial charge in [0.05, 0.1) is 5.92 Å². The molecule has 1 aliphatic heterocycles. The Balaban J connectivity index is 2.14. The van der Waals surface area contributed by atoms with Crippen LogP contribution in [-0.2, 0) is 4.79 Å². The first-order valence-electron chi connectivity index (χ1n) is 6.07. The predicted molar refractivity (Wildman–Crippen MR) is 76.4 cm³/mol. The number of aliphatic carboxylic acids is 1. The lowest BCUT2D eigenvalue weighted by Crippen LogP contribution is -2.42. The van der Waals surface area contributed by atoms with Crippen molar-refractivity contribution < 1.29 is 14.7 Å². The second kappa shape index (κ2) is 8.53. The molecule has 1 saturated heterocycles. The van der Waals surface area contributed by atoms with E-state index >= 15 is 0 Å². The minimum atomic E-state index is -0.864. The SMILES string of the molecule is CCC(CNC(=O)NCC1CSCCS1)C(=O)O. The molecule has 0 aromatic rings. The summed E-state index contributed by atoms with van der Waals surface area (Å²) in [5.41, 5.74) is 0. The number of hydrogen-bond acceptors (Lipinski definition) is 4. The zero-order chi connectivity index (χ0) is 13.4. The van der Waals surface area contributed by atoms with Gasteiger partial charge < -0.3 is 15.7 Å². The standard InChI is InChI=1S/C11H20N2O3S2/c1-2-8(10(14)15)5-12-11(16)13-6-9-7-17-3-4-18-9/h8-9H,2-7H2,1H3,(H,14,15)(H2,12,13,16). The molecule has 7 heteroatoms. The van der Waals surface area contributed by atoms with E-state index in [2.05, 4.69) is 10.6 Å². The summed E-state index contributed by atoms with van der Waals surface area (Å²) in [5.74, 6) is 2.02. The number of nitrogens with one attached hydrogen (secondary N) is 2. The fraction of sp³-hybridized carbons (Fsp3) is 0.818. The third-order valence-corrected chi connectivity index (χ3v) is 5.57. The van der Waals surface area contributed by atoms with Crippen LogP contribution in [0, 0.1) is 5.92 Å². The van der Waals surface area contributed by atoms with Gasteiger partial charge in [-0.1, -0.05) is 6.92 Å². The van der Waals surface area contributed by atoms with Crippen LogP contribution < -0.4 is 10.6 Å². The summed E-state index contributed by atoms with van der Waals surface area (Å²) in [4.78, 5) is 22.3. The third kappa shape index (κ3) is 5.86. The second-order valence-corrected chi connectivity index (χ2v) is 6.66. The number of rotatable bonds is 6. The maximum atomic E-state index is 11.5. The molecule has 2 atom stereocenters. The van der Waals surface area contributed by atoms with E-state index in [0.717, 1.165) is 11.5 Å². The summed E-state index contributed by atoms with van der Waals surface area (Å²) >= 11 is 3.79. The highest BCUT2D eigenvalue weighted by atomic mass is 32.2. The van der Waals surface area contributed by atoms with Gasteiger partial charge in [-0.05, 0) is 6.42 Å². The first kappa shape index (κ1) is 15.5. The highest BCUT2D eigenvalue weighted by molar-refractivity contribution is 8.06. The van der Waals surface area contributed by atoms with Crippen molar-refractivity contribution in [3.63, 3.8) is 0 Å². The highest BCUT2D eigenvalue weighted by Gasteiger charge is 2.17. The Bertz CT molecular complexity index is 283. The minimum absolute atomic E-state index is 0.185. The van der Waals surface area contributed by atoms with E-state index in [9.17, 15) is 9.59 Å². The number of thioether (sulfide) groups is 2. The smallest absolute Gasteiger partial charge is 0.314 e. The molecule has 18 heavy (non-hydrogen) atoms. The van der Waals surface area contributed by atoms with Gasteiger partial charge in [0.1, 0.15) is 0 Å². The van der Waals surface area contributed by atoms with Crippen molar-refractivity contribution in [3.05, 3.63) is 0 Å². The zero-order valence-corrected chi connectivity index (χ0v) is 12.1. The number of carbonyl (C=O) groups excluding carboxylic acids is 1. The normalized spacial score (nSPS) is 21.1. The van der Waals surface area contributed by atoms with Crippen LogP contribution in [-0.4, -0.2) is 52.7 Å². The molecule has 0 saturated carbocycles. The van der Waals surface area contributed by atoms with Gasteiger partial charge in [0.2, 0.25) is 0 Å². The molecule has 1 heterocycles. The van der Waals surface area contributed by atoms with Gasteiger partial charge >= 0.3 is 12.0 Å². The number of carbonyl (C=O) groups is 2. The fourth-order valence-corrected chi connectivity index (χ4v) is 4.16. The van der Waals surface area contributed by atoms with Crippen molar-refractivity contribution in [2.75, 3.05) is 30.3 Å². The van der Waals surface area contributed by atoms with Gasteiger partial charge in [-0.2, -0.15) is 23.5 Å². The van der Waals surface area contributed by atoms with Crippen molar-refractivity contribution in [3.8, 4) is 0 Å². The summed E-state index contributed by atoms with van der Waals surface area (Å²) in [7, 11) is 0. The van der Waals surface area contributed by atoms with E-state index in [4.69, 9.17) is 5.11 Å². The zero-order valence-electron chi connectivity index (χ0n) is 10.5. The van der Waals surface area contributed by atoms with Crippen LogP contribution in [0.2, 0.25) is 0 Å².